The summed E-state index contributed by atoms with van der Waals surface area (Å²) in [5, 5.41) is 146. The van der Waals surface area contributed by atoms with Gasteiger partial charge in [0.2, 0.25) is 0 Å². The number of ether oxygens (including phenoxy) is 11. The average molecular weight is 1170 g/mol. The van der Waals surface area contributed by atoms with Crippen molar-refractivity contribution in [2.24, 2.45) is 52.3 Å². The summed E-state index contributed by atoms with van der Waals surface area (Å²) >= 11 is 0. The highest BCUT2D eigenvalue weighted by atomic mass is 16.8. The lowest BCUT2D eigenvalue weighted by molar-refractivity contribution is -0.404. The Labute approximate surface area is 475 Å². The van der Waals surface area contributed by atoms with Gasteiger partial charge < -0.3 is 118 Å². The Morgan fingerprint density at radius 3 is 1.90 bits per heavy atom. The maximum Gasteiger partial charge on any atom is 0.338 e. The first-order chi connectivity index (χ1) is 39.1. The number of benzene rings is 1. The molecule has 6 saturated heterocycles. The second-order valence-electron chi connectivity index (χ2n) is 25.9. The van der Waals surface area contributed by atoms with Crippen LogP contribution in [0.2, 0.25) is 0 Å². The zero-order valence-electron chi connectivity index (χ0n) is 46.6. The van der Waals surface area contributed by atoms with Crippen LogP contribution in [0.1, 0.15) is 89.4 Å². The van der Waals surface area contributed by atoms with Gasteiger partial charge >= 0.3 is 5.97 Å². The third kappa shape index (κ3) is 10.7. The first-order valence-electron chi connectivity index (χ1n) is 29.5. The number of aliphatic hydroxyl groups is 13. The van der Waals surface area contributed by atoms with Crippen molar-refractivity contribution < 1.29 is 123 Å². The van der Waals surface area contributed by atoms with Crippen LogP contribution in [0.15, 0.2) is 30.3 Å². The smallest absolute Gasteiger partial charge is 0.338 e. The topological polar surface area (TPSA) is 382 Å². The molecule has 0 radical (unpaired) electrons. The van der Waals surface area contributed by atoms with Gasteiger partial charge in [-0.05, 0) is 103 Å². The lowest BCUT2D eigenvalue weighted by Crippen LogP contribution is -2.68. The number of hydrogen-bond acceptors (Lipinski definition) is 25. The molecule has 6 heterocycles. The summed E-state index contributed by atoms with van der Waals surface area (Å²) in [7, 11) is 0. The normalized spacial score (nSPS) is 53.9. The van der Waals surface area contributed by atoms with Crippen molar-refractivity contribution in [2.45, 2.75) is 226 Å². The minimum atomic E-state index is -2.07. The molecule has 25 heteroatoms. The fourth-order valence-electron chi connectivity index (χ4n) is 16.8. The molecular weight excluding hydrogens is 1080 g/mol. The zero-order chi connectivity index (χ0) is 58.5. The van der Waals surface area contributed by atoms with Gasteiger partial charge in [-0.25, -0.2) is 4.79 Å². The number of rotatable bonds is 13. The van der Waals surface area contributed by atoms with Crippen molar-refractivity contribution in [2.75, 3.05) is 33.0 Å². The summed E-state index contributed by atoms with van der Waals surface area (Å²) in [6.45, 7) is 6.50. The molecule has 10 aliphatic rings. The molecule has 464 valence electrons. The molecule has 6 aliphatic heterocycles. The number of fused-ring (bicyclic) bond motifs is 7. The van der Waals surface area contributed by atoms with Crippen LogP contribution < -0.4 is 0 Å². The Kier molecular flexibility index (Phi) is 18.0. The van der Waals surface area contributed by atoms with E-state index in [2.05, 4.69) is 27.7 Å². The summed E-state index contributed by atoms with van der Waals surface area (Å²) in [5.41, 5.74) is -0.343. The van der Waals surface area contributed by atoms with Gasteiger partial charge in [-0.15, -0.1) is 0 Å². The number of hydrogen-bond donors (Lipinski definition) is 13. The molecule has 33 atom stereocenters. The Morgan fingerprint density at radius 2 is 1.21 bits per heavy atom. The largest absolute Gasteiger partial charge is 0.453 e. The Morgan fingerprint density at radius 1 is 0.573 bits per heavy atom. The summed E-state index contributed by atoms with van der Waals surface area (Å²) in [6, 6.07) is 7.81. The predicted molar refractivity (Wildman–Crippen MR) is 275 cm³/mol. The fourth-order valence-corrected chi connectivity index (χ4v) is 16.8. The van der Waals surface area contributed by atoms with E-state index in [0.717, 1.165) is 32.1 Å². The molecule has 1 spiro atoms. The van der Waals surface area contributed by atoms with Crippen molar-refractivity contribution in [3.05, 3.63) is 35.9 Å². The second-order valence-corrected chi connectivity index (χ2v) is 25.9. The van der Waals surface area contributed by atoms with Crippen LogP contribution in [0.25, 0.3) is 0 Å². The molecule has 0 amide bonds. The average Bonchev–Trinajstić information content (AvgIpc) is 2.80. The van der Waals surface area contributed by atoms with Gasteiger partial charge in [0.15, 0.2) is 37.1 Å². The van der Waals surface area contributed by atoms with Crippen molar-refractivity contribution in [3.8, 4) is 0 Å². The molecule has 4 aliphatic carbocycles. The van der Waals surface area contributed by atoms with Crippen LogP contribution in [-0.2, 0) is 52.1 Å². The minimum Gasteiger partial charge on any atom is -0.453 e. The van der Waals surface area contributed by atoms with E-state index in [1.807, 2.05) is 0 Å². The maximum atomic E-state index is 12.9. The lowest BCUT2D eigenvalue weighted by Gasteiger charge is -2.63. The van der Waals surface area contributed by atoms with Crippen LogP contribution in [-0.4, -0.2) is 252 Å². The quantitative estimate of drug-likeness (QED) is 0.0719. The molecule has 4 saturated carbocycles. The summed E-state index contributed by atoms with van der Waals surface area (Å²) in [6.07, 6.45) is -31.9. The van der Waals surface area contributed by atoms with E-state index >= 15 is 0 Å². The van der Waals surface area contributed by atoms with E-state index in [1.165, 1.54) is 12.1 Å². The first-order valence-corrected chi connectivity index (χ1v) is 29.5. The lowest BCUT2D eigenvalue weighted by atomic mass is 9.43. The van der Waals surface area contributed by atoms with Crippen LogP contribution in [0.4, 0.5) is 0 Å². The third-order valence-electron chi connectivity index (χ3n) is 21.3. The van der Waals surface area contributed by atoms with E-state index in [1.54, 1.807) is 18.2 Å². The minimum absolute atomic E-state index is 0.00612. The Hall–Kier alpha value is -2.23. The molecule has 11 rings (SSSR count). The predicted octanol–water partition coefficient (Wildman–Crippen LogP) is -2.46. The van der Waals surface area contributed by atoms with Crippen molar-refractivity contribution in [1.82, 2.24) is 0 Å². The number of carbonyl (C=O) groups is 1. The van der Waals surface area contributed by atoms with Gasteiger partial charge in [0, 0.05) is 12.3 Å². The SMILES string of the molecule is C[C@H]1CC[C@@]2(OC1)O[C@H]1C[C@H]3[C@@H]4C[C@@H](O)[C@H]5C[C@@H](O[C@@H]6O[C@H](CO)[C@H](O[C@@H]7O[C@H](CO)[C@@H](O)[C@H](O[C@@H]8OC[C@@H](OC(=O)c9ccccc9)[C@H](O)[C@H]8O)[C@H]7O[C@@H]7O[C@H](CO)[C@@H](O)[C@H](O)[C@H]7O)[C@H](O)[C@H]6O)[C@H](O)C[C@]5(C)[C@H]4CC[C@]3(C)[C@H]1[C@@H]2C. The molecule has 0 unspecified atom stereocenters. The van der Waals surface area contributed by atoms with Crippen LogP contribution >= 0.6 is 0 Å². The molecule has 0 aromatic heterocycles. The second kappa shape index (κ2) is 24.0. The molecule has 0 bridgehead atoms. The molecular formula is C57H86O25. The van der Waals surface area contributed by atoms with Crippen molar-refractivity contribution >= 4 is 5.97 Å². The third-order valence-corrected chi connectivity index (χ3v) is 21.3. The summed E-state index contributed by atoms with van der Waals surface area (Å²) in [4.78, 5) is 12.9. The standard InChI is InChI=1S/C57H86O25/c1-23-10-13-57(73-21-23)24(2)38-33(82-57)15-28-26-14-30(61)29-16-32(31(62)17-56(29,4)27(26)11-12-55(28,38)3)75-52-46(70)43(67)47(36(20-60)78-52)79-54-49(81-53-45(69)42(66)39(63)34(18-58)76-53)48(41(65)35(19-59)77-54)80-51-44(68)40(64)37(22-72-51)74-50(71)25-8-6-5-7-9-25/h5-9,23-24,26-49,51-54,58-70H,10-22H2,1-4H3/t23-,24-,26+,27-,28-,29+,30+,31+,32+,33-,34+,35+,36+,37+,38-,39+,40-,41+,42-,43+,44+,45+,46+,47-,48-,49+,51-,52+,53-,54-,55-,56+,57+/m0/s1. The van der Waals surface area contributed by atoms with Gasteiger partial charge in [-0.2, -0.15) is 0 Å². The van der Waals surface area contributed by atoms with E-state index in [-0.39, 0.29) is 53.6 Å². The fraction of sp³-hybridized carbons (Fsp3) is 0.877. The zero-order valence-corrected chi connectivity index (χ0v) is 46.6. The summed E-state index contributed by atoms with van der Waals surface area (Å²) in [5.74, 6) is 0.0658. The van der Waals surface area contributed by atoms with Crippen molar-refractivity contribution in [1.29, 1.82) is 0 Å². The van der Waals surface area contributed by atoms with Gasteiger partial charge in [0.1, 0.15) is 85.5 Å². The van der Waals surface area contributed by atoms with E-state index in [4.69, 9.17) is 52.1 Å². The Balaban J connectivity index is 0.780. The van der Waals surface area contributed by atoms with Gasteiger partial charge in [-0.1, -0.05) is 45.9 Å². The van der Waals surface area contributed by atoms with Gasteiger partial charge in [-0.3, -0.25) is 0 Å². The van der Waals surface area contributed by atoms with Crippen LogP contribution in [0.5, 0.6) is 0 Å². The number of aliphatic hydroxyl groups excluding tert-OH is 13. The highest BCUT2D eigenvalue weighted by Gasteiger charge is 2.70. The molecule has 13 N–H and O–H groups in total. The van der Waals surface area contributed by atoms with E-state index in [0.29, 0.717) is 30.8 Å². The highest BCUT2D eigenvalue weighted by molar-refractivity contribution is 5.89. The molecule has 25 nitrogen and oxygen atoms in total. The first kappa shape index (κ1) is 61.4. The molecule has 1 aromatic carbocycles. The molecule has 1 aromatic rings. The Bertz CT molecular complexity index is 2310. The highest BCUT2D eigenvalue weighted by Crippen LogP contribution is 2.71. The monoisotopic (exact) mass is 1170 g/mol. The number of esters is 1. The van der Waals surface area contributed by atoms with E-state index in [9.17, 15) is 71.2 Å². The van der Waals surface area contributed by atoms with Crippen LogP contribution in [0, 0.1) is 52.3 Å². The van der Waals surface area contributed by atoms with Gasteiger partial charge in [0.25, 0.3) is 0 Å². The van der Waals surface area contributed by atoms with Crippen LogP contribution in [0.3, 0.4) is 0 Å². The molecule has 82 heavy (non-hydrogen) atoms. The summed E-state index contributed by atoms with van der Waals surface area (Å²) < 4.78 is 67.1. The van der Waals surface area contributed by atoms with Gasteiger partial charge in [0.05, 0.1) is 63.0 Å². The maximum absolute atomic E-state index is 12.9. The molecule has 10 fully saturated rings. The number of carbonyl (C=O) groups excluding carboxylic acids is 1. The van der Waals surface area contributed by atoms with Crippen molar-refractivity contribution in [3.63, 3.8) is 0 Å². The van der Waals surface area contributed by atoms with E-state index < -0.39 is 179 Å².